The van der Waals surface area contributed by atoms with E-state index < -0.39 is 10.0 Å². The van der Waals surface area contributed by atoms with Gasteiger partial charge in [0.1, 0.15) is 0 Å². The maximum atomic E-state index is 12.5. The molecule has 7 heteroatoms. The summed E-state index contributed by atoms with van der Waals surface area (Å²) in [6.07, 6.45) is 0. The Bertz CT molecular complexity index is 1060. The lowest BCUT2D eigenvalue weighted by Gasteiger charge is -2.10. The Labute approximate surface area is 172 Å². The summed E-state index contributed by atoms with van der Waals surface area (Å²) in [5.41, 5.74) is 2.33. The predicted molar refractivity (Wildman–Crippen MR) is 116 cm³/mol. The summed E-state index contributed by atoms with van der Waals surface area (Å²) < 4.78 is 28.6. The summed E-state index contributed by atoms with van der Waals surface area (Å²) in [6, 6.07) is 20.3. The van der Waals surface area contributed by atoms with Gasteiger partial charge in [0.15, 0.2) is 0 Å². The van der Waals surface area contributed by atoms with Crippen molar-refractivity contribution in [2.75, 3.05) is 10.0 Å². The van der Waals surface area contributed by atoms with Crippen molar-refractivity contribution in [3.63, 3.8) is 0 Å². The number of anilines is 2. The van der Waals surface area contributed by atoms with Gasteiger partial charge < -0.3 is 5.32 Å². The molecule has 0 aromatic heterocycles. The van der Waals surface area contributed by atoms with Gasteiger partial charge in [0.05, 0.1) is 4.90 Å². The molecule has 3 aromatic rings. The third-order valence-corrected chi connectivity index (χ3v) is 5.93. The van der Waals surface area contributed by atoms with E-state index in [1.54, 1.807) is 42.5 Å². The highest BCUT2D eigenvalue weighted by Crippen LogP contribution is 2.19. The number of amides is 1. The zero-order chi connectivity index (χ0) is 19.4. The molecule has 27 heavy (non-hydrogen) atoms. The summed E-state index contributed by atoms with van der Waals surface area (Å²) in [7, 11) is -3.72. The van der Waals surface area contributed by atoms with Crippen LogP contribution in [0.25, 0.3) is 0 Å². The van der Waals surface area contributed by atoms with Crippen LogP contribution in [0.2, 0.25) is 0 Å². The Balaban J connectivity index is 1.77. The van der Waals surface area contributed by atoms with E-state index in [4.69, 9.17) is 0 Å². The number of hydrogen-bond donors (Lipinski definition) is 2. The highest BCUT2D eigenvalue weighted by Gasteiger charge is 2.15. The predicted octanol–water partition coefficient (Wildman–Crippen LogP) is 4.65. The molecule has 2 N–H and O–H groups in total. The smallest absolute Gasteiger partial charge is 0.261 e. The van der Waals surface area contributed by atoms with Crippen LogP contribution >= 0.6 is 22.6 Å². The van der Waals surface area contributed by atoms with E-state index in [0.29, 0.717) is 16.9 Å². The van der Waals surface area contributed by atoms with Crippen LogP contribution in [0.3, 0.4) is 0 Å². The molecule has 0 saturated heterocycles. The Morgan fingerprint density at radius 1 is 0.889 bits per heavy atom. The van der Waals surface area contributed by atoms with Crippen molar-refractivity contribution in [2.45, 2.75) is 11.8 Å². The molecule has 3 rings (SSSR count). The number of sulfonamides is 1. The standard InChI is InChI=1S/C20H17IN2O3S/c1-14-5-11-19(12-6-14)27(25,26)23-18-4-2-3-15(13-18)20(24)22-17-9-7-16(21)8-10-17/h2-13,23H,1H3,(H,22,24). The first-order valence-electron chi connectivity index (χ1n) is 8.10. The van der Waals surface area contributed by atoms with Gasteiger partial charge in [0.2, 0.25) is 0 Å². The molecule has 0 unspecified atom stereocenters. The quantitative estimate of drug-likeness (QED) is 0.510. The SMILES string of the molecule is Cc1ccc(S(=O)(=O)Nc2cccc(C(=O)Nc3ccc(I)cc3)c2)cc1. The van der Waals surface area contributed by atoms with Crippen LogP contribution < -0.4 is 10.0 Å². The number of carbonyl (C=O) groups is 1. The molecule has 0 spiro atoms. The largest absolute Gasteiger partial charge is 0.322 e. The van der Waals surface area contributed by atoms with E-state index in [9.17, 15) is 13.2 Å². The monoisotopic (exact) mass is 492 g/mol. The normalized spacial score (nSPS) is 11.0. The van der Waals surface area contributed by atoms with Crippen molar-refractivity contribution in [2.24, 2.45) is 0 Å². The van der Waals surface area contributed by atoms with E-state index in [1.165, 1.54) is 6.07 Å². The molecular formula is C20H17IN2O3S. The second-order valence-corrected chi connectivity index (χ2v) is 8.89. The second kappa shape index (κ2) is 8.10. The number of halogens is 1. The molecule has 5 nitrogen and oxygen atoms in total. The van der Waals surface area contributed by atoms with Gasteiger partial charge in [-0.3, -0.25) is 9.52 Å². The second-order valence-electron chi connectivity index (χ2n) is 5.96. The summed E-state index contributed by atoms with van der Waals surface area (Å²) in [5, 5.41) is 2.79. The average Bonchev–Trinajstić information content (AvgIpc) is 2.64. The molecule has 0 aliphatic carbocycles. The first kappa shape index (κ1) is 19.4. The van der Waals surface area contributed by atoms with Crippen molar-refractivity contribution in [1.29, 1.82) is 0 Å². The van der Waals surface area contributed by atoms with Crippen LogP contribution in [0.4, 0.5) is 11.4 Å². The Hall–Kier alpha value is -2.39. The van der Waals surface area contributed by atoms with Crippen LogP contribution in [0.1, 0.15) is 15.9 Å². The fraction of sp³-hybridized carbons (Fsp3) is 0.0500. The third kappa shape index (κ3) is 5.08. The molecule has 0 radical (unpaired) electrons. The fourth-order valence-electron chi connectivity index (χ4n) is 2.39. The molecule has 0 aliphatic rings. The van der Waals surface area contributed by atoms with Crippen molar-refractivity contribution < 1.29 is 13.2 Å². The number of rotatable bonds is 5. The highest BCUT2D eigenvalue weighted by molar-refractivity contribution is 14.1. The van der Waals surface area contributed by atoms with Crippen molar-refractivity contribution in [1.82, 2.24) is 0 Å². The van der Waals surface area contributed by atoms with Crippen molar-refractivity contribution >= 4 is 49.9 Å². The molecular weight excluding hydrogens is 475 g/mol. The molecule has 0 aliphatic heterocycles. The number of hydrogen-bond acceptors (Lipinski definition) is 3. The van der Waals surface area contributed by atoms with Crippen LogP contribution in [-0.2, 0) is 10.0 Å². The minimum absolute atomic E-state index is 0.168. The lowest BCUT2D eigenvalue weighted by atomic mass is 10.2. The number of aryl methyl sites for hydroxylation is 1. The van der Waals surface area contributed by atoms with Gasteiger partial charge in [-0.2, -0.15) is 0 Å². The van der Waals surface area contributed by atoms with Crippen LogP contribution in [0.5, 0.6) is 0 Å². The minimum atomic E-state index is -3.72. The van der Waals surface area contributed by atoms with E-state index in [-0.39, 0.29) is 10.8 Å². The van der Waals surface area contributed by atoms with E-state index in [2.05, 4.69) is 32.6 Å². The van der Waals surface area contributed by atoms with Gasteiger partial charge in [-0.05, 0) is 84.1 Å². The minimum Gasteiger partial charge on any atom is -0.322 e. The summed E-state index contributed by atoms with van der Waals surface area (Å²) in [4.78, 5) is 12.6. The zero-order valence-electron chi connectivity index (χ0n) is 14.4. The lowest BCUT2D eigenvalue weighted by molar-refractivity contribution is 0.102. The van der Waals surface area contributed by atoms with Gasteiger partial charge >= 0.3 is 0 Å². The number of carbonyl (C=O) groups excluding carboxylic acids is 1. The van der Waals surface area contributed by atoms with Gasteiger partial charge in [-0.25, -0.2) is 8.42 Å². The first-order valence-corrected chi connectivity index (χ1v) is 10.7. The average molecular weight is 492 g/mol. The molecule has 0 atom stereocenters. The van der Waals surface area contributed by atoms with Crippen molar-refractivity contribution in [3.05, 3.63) is 87.5 Å². The molecule has 0 bridgehead atoms. The zero-order valence-corrected chi connectivity index (χ0v) is 17.4. The highest BCUT2D eigenvalue weighted by atomic mass is 127. The number of benzene rings is 3. The van der Waals surface area contributed by atoms with E-state index in [0.717, 1.165) is 9.13 Å². The molecule has 1 amide bonds. The Morgan fingerprint density at radius 3 is 2.22 bits per heavy atom. The van der Waals surface area contributed by atoms with Gasteiger partial charge in [0.25, 0.3) is 15.9 Å². The summed E-state index contributed by atoms with van der Waals surface area (Å²) >= 11 is 2.19. The fourth-order valence-corrected chi connectivity index (χ4v) is 3.80. The van der Waals surface area contributed by atoms with E-state index >= 15 is 0 Å². The van der Waals surface area contributed by atoms with Crippen molar-refractivity contribution in [3.8, 4) is 0 Å². The van der Waals surface area contributed by atoms with Crippen LogP contribution in [0.15, 0.2) is 77.7 Å². The lowest BCUT2D eigenvalue weighted by Crippen LogP contribution is -2.15. The maximum Gasteiger partial charge on any atom is 0.261 e. The van der Waals surface area contributed by atoms with Gasteiger partial charge in [0, 0.05) is 20.5 Å². The Kier molecular flexibility index (Phi) is 5.81. The molecule has 3 aromatic carbocycles. The maximum absolute atomic E-state index is 12.5. The Morgan fingerprint density at radius 2 is 1.56 bits per heavy atom. The third-order valence-electron chi connectivity index (χ3n) is 3.81. The number of nitrogens with one attached hydrogen (secondary N) is 2. The van der Waals surface area contributed by atoms with Crippen LogP contribution in [0, 0.1) is 10.5 Å². The molecule has 0 saturated carbocycles. The summed E-state index contributed by atoms with van der Waals surface area (Å²) in [6.45, 7) is 1.89. The molecule has 0 heterocycles. The first-order chi connectivity index (χ1) is 12.8. The van der Waals surface area contributed by atoms with Gasteiger partial charge in [-0.15, -0.1) is 0 Å². The molecule has 0 fully saturated rings. The van der Waals surface area contributed by atoms with E-state index in [1.807, 2.05) is 31.2 Å². The van der Waals surface area contributed by atoms with Gasteiger partial charge in [-0.1, -0.05) is 23.8 Å². The van der Waals surface area contributed by atoms with Crippen LogP contribution in [-0.4, -0.2) is 14.3 Å². The molecule has 138 valence electrons. The topological polar surface area (TPSA) is 75.3 Å². The summed E-state index contributed by atoms with van der Waals surface area (Å²) in [5.74, 6) is -0.312.